The average Bonchev–Trinajstić information content (AvgIpc) is 1.58. The first kappa shape index (κ1) is 8.06. The summed E-state index contributed by atoms with van der Waals surface area (Å²) in [6, 6.07) is 0. The maximum absolute atomic E-state index is 9.71. The van der Waals surface area contributed by atoms with Crippen LogP contribution in [0, 0.1) is 11.3 Å². The summed E-state index contributed by atoms with van der Waals surface area (Å²) in [4.78, 5) is 0. The van der Waals surface area contributed by atoms with E-state index in [-0.39, 0.29) is 11.0 Å². The molecule has 1 nitrogen and oxygen atoms in total. The van der Waals surface area contributed by atoms with E-state index in [1.165, 1.54) is 6.42 Å². The van der Waals surface area contributed by atoms with Gasteiger partial charge in [-0.15, -0.1) is 0 Å². The van der Waals surface area contributed by atoms with Crippen LogP contribution in [0.4, 0.5) is 0 Å². The van der Waals surface area contributed by atoms with Gasteiger partial charge in [0.2, 0.25) is 0 Å². The van der Waals surface area contributed by atoms with Gasteiger partial charge in [-0.2, -0.15) is 0 Å². The van der Waals surface area contributed by atoms with Crippen LogP contribution in [0.5, 0.6) is 0 Å². The number of hydrogen-bond donors (Lipinski definition) is 1. The molecule has 0 bridgehead atoms. The quantitative estimate of drug-likeness (QED) is 0.549. The van der Waals surface area contributed by atoms with Gasteiger partial charge in [0.05, 0.1) is 5.60 Å². The Morgan fingerprint density at radius 2 is 1.90 bits per heavy atom. The molecule has 1 saturated carbocycles. The lowest BCUT2D eigenvalue weighted by molar-refractivity contribution is -0.122. The summed E-state index contributed by atoms with van der Waals surface area (Å²) in [5.74, 6) is 0.500. The molecule has 0 aromatic carbocycles. The second kappa shape index (κ2) is 1.97. The molecule has 0 amide bonds. The van der Waals surface area contributed by atoms with Crippen LogP contribution >= 0.6 is 0 Å². The molecule has 1 fully saturated rings. The Balaban J connectivity index is 2.60. The van der Waals surface area contributed by atoms with Gasteiger partial charge in [-0.25, -0.2) is 0 Å². The van der Waals surface area contributed by atoms with E-state index in [4.69, 9.17) is 0 Å². The molecule has 1 aliphatic rings. The van der Waals surface area contributed by atoms with E-state index < -0.39 is 0 Å². The van der Waals surface area contributed by atoms with Gasteiger partial charge in [0.25, 0.3) is 0 Å². The standard InChI is InChI=1S/C9H18O/c1-8(2,3)7-5-6-9(7,4)10/h7,10H,5-6H2,1-4H3/t7-,9-/m1/s1. The summed E-state index contributed by atoms with van der Waals surface area (Å²) in [6.45, 7) is 8.55. The van der Waals surface area contributed by atoms with Crippen molar-refractivity contribution in [3.05, 3.63) is 0 Å². The molecule has 10 heavy (non-hydrogen) atoms. The molecule has 1 N–H and O–H groups in total. The fraction of sp³-hybridized carbons (Fsp3) is 1.00. The van der Waals surface area contributed by atoms with Gasteiger partial charge in [-0.3, -0.25) is 0 Å². The smallest absolute Gasteiger partial charge is 0.0652 e. The third-order valence-corrected chi connectivity index (χ3v) is 2.74. The van der Waals surface area contributed by atoms with E-state index >= 15 is 0 Å². The Labute approximate surface area is 63.4 Å². The van der Waals surface area contributed by atoms with Crippen LogP contribution in [0.2, 0.25) is 0 Å². The van der Waals surface area contributed by atoms with Crippen LogP contribution in [-0.4, -0.2) is 10.7 Å². The van der Waals surface area contributed by atoms with Crippen LogP contribution in [0.1, 0.15) is 40.5 Å². The minimum atomic E-state index is -0.377. The second-order valence-corrected chi connectivity index (χ2v) is 4.81. The normalized spacial score (nSPS) is 41.1. The second-order valence-electron chi connectivity index (χ2n) is 4.81. The van der Waals surface area contributed by atoms with E-state index in [2.05, 4.69) is 20.8 Å². The lowest BCUT2D eigenvalue weighted by Gasteiger charge is -2.50. The monoisotopic (exact) mass is 142 g/mol. The minimum absolute atomic E-state index is 0.280. The number of aliphatic hydroxyl groups is 1. The third-order valence-electron chi connectivity index (χ3n) is 2.74. The van der Waals surface area contributed by atoms with Gasteiger partial charge in [-0.1, -0.05) is 20.8 Å². The lowest BCUT2D eigenvalue weighted by atomic mass is 9.59. The largest absolute Gasteiger partial charge is 0.390 e. The average molecular weight is 142 g/mol. The van der Waals surface area contributed by atoms with Gasteiger partial charge < -0.3 is 5.11 Å². The molecule has 0 aromatic rings. The highest BCUT2D eigenvalue weighted by atomic mass is 16.3. The molecule has 0 aliphatic heterocycles. The Bertz CT molecular complexity index is 120. The molecule has 1 aliphatic carbocycles. The first-order chi connectivity index (χ1) is 4.34. The molecule has 1 rings (SSSR count). The fourth-order valence-corrected chi connectivity index (χ4v) is 2.07. The van der Waals surface area contributed by atoms with Crippen molar-refractivity contribution in [2.45, 2.75) is 46.1 Å². The topological polar surface area (TPSA) is 20.2 Å². The van der Waals surface area contributed by atoms with Crippen molar-refractivity contribution in [2.75, 3.05) is 0 Å². The van der Waals surface area contributed by atoms with Gasteiger partial charge >= 0.3 is 0 Å². The van der Waals surface area contributed by atoms with Crippen LogP contribution < -0.4 is 0 Å². The summed E-state index contributed by atoms with van der Waals surface area (Å²) in [6.07, 6.45) is 2.17. The summed E-state index contributed by atoms with van der Waals surface area (Å²) in [7, 11) is 0. The molecule has 0 unspecified atom stereocenters. The molecule has 0 radical (unpaired) electrons. The Morgan fingerprint density at radius 3 is 1.90 bits per heavy atom. The summed E-state index contributed by atoms with van der Waals surface area (Å²) in [5.41, 5.74) is -0.0972. The van der Waals surface area contributed by atoms with Gasteiger partial charge in [0.1, 0.15) is 0 Å². The molecular weight excluding hydrogens is 124 g/mol. The van der Waals surface area contributed by atoms with Crippen molar-refractivity contribution in [3.8, 4) is 0 Å². The first-order valence-electron chi connectivity index (χ1n) is 4.06. The van der Waals surface area contributed by atoms with Gasteiger partial charge in [0.15, 0.2) is 0 Å². The maximum atomic E-state index is 9.71. The predicted octanol–water partition coefficient (Wildman–Crippen LogP) is 2.19. The van der Waals surface area contributed by atoms with Gasteiger partial charge in [0, 0.05) is 0 Å². The van der Waals surface area contributed by atoms with Crippen molar-refractivity contribution in [1.29, 1.82) is 0 Å². The molecule has 0 heterocycles. The Morgan fingerprint density at radius 1 is 1.40 bits per heavy atom. The summed E-state index contributed by atoms with van der Waals surface area (Å²) < 4.78 is 0. The summed E-state index contributed by atoms with van der Waals surface area (Å²) >= 11 is 0. The Hall–Kier alpha value is -0.0400. The molecule has 0 spiro atoms. The van der Waals surface area contributed by atoms with Crippen LogP contribution in [0.3, 0.4) is 0 Å². The minimum Gasteiger partial charge on any atom is -0.390 e. The fourth-order valence-electron chi connectivity index (χ4n) is 2.07. The third kappa shape index (κ3) is 1.20. The van der Waals surface area contributed by atoms with Crippen LogP contribution in [0.25, 0.3) is 0 Å². The molecule has 2 atom stereocenters. The highest BCUT2D eigenvalue weighted by Gasteiger charge is 2.46. The first-order valence-corrected chi connectivity index (χ1v) is 4.06. The predicted molar refractivity (Wildman–Crippen MR) is 42.8 cm³/mol. The summed E-state index contributed by atoms with van der Waals surface area (Å²) in [5, 5.41) is 9.71. The van der Waals surface area contributed by atoms with E-state index in [1.807, 2.05) is 6.92 Å². The molecule has 0 saturated heterocycles. The van der Waals surface area contributed by atoms with Gasteiger partial charge in [-0.05, 0) is 31.1 Å². The van der Waals surface area contributed by atoms with Crippen molar-refractivity contribution in [3.63, 3.8) is 0 Å². The SMILES string of the molecule is CC(C)(C)[C@H]1CC[C@@]1(C)O. The molecular formula is C9H18O. The number of hydrogen-bond acceptors (Lipinski definition) is 1. The van der Waals surface area contributed by atoms with E-state index in [0.717, 1.165) is 6.42 Å². The molecule has 0 aromatic heterocycles. The zero-order chi connectivity index (χ0) is 7.99. The maximum Gasteiger partial charge on any atom is 0.0652 e. The zero-order valence-corrected chi connectivity index (χ0v) is 7.44. The molecule has 60 valence electrons. The van der Waals surface area contributed by atoms with Crippen molar-refractivity contribution >= 4 is 0 Å². The molecule has 1 heteroatoms. The Kier molecular flexibility index (Phi) is 1.59. The lowest BCUT2D eigenvalue weighted by Crippen LogP contribution is -2.50. The van der Waals surface area contributed by atoms with Crippen molar-refractivity contribution in [2.24, 2.45) is 11.3 Å². The van der Waals surface area contributed by atoms with E-state index in [1.54, 1.807) is 0 Å². The van der Waals surface area contributed by atoms with Crippen LogP contribution in [-0.2, 0) is 0 Å². The highest BCUT2D eigenvalue weighted by molar-refractivity contribution is 4.97. The highest BCUT2D eigenvalue weighted by Crippen LogP contribution is 2.48. The number of rotatable bonds is 0. The zero-order valence-electron chi connectivity index (χ0n) is 7.44. The van der Waals surface area contributed by atoms with E-state index in [9.17, 15) is 5.11 Å². The van der Waals surface area contributed by atoms with E-state index in [0.29, 0.717) is 5.92 Å². The van der Waals surface area contributed by atoms with Crippen molar-refractivity contribution < 1.29 is 5.11 Å². The van der Waals surface area contributed by atoms with Crippen molar-refractivity contribution in [1.82, 2.24) is 0 Å². The van der Waals surface area contributed by atoms with Crippen LogP contribution in [0.15, 0.2) is 0 Å².